The number of hydrogen-bond donors (Lipinski definition) is 3. The summed E-state index contributed by atoms with van der Waals surface area (Å²) in [5.41, 5.74) is 7.47. The van der Waals surface area contributed by atoms with Crippen LogP contribution in [-0.4, -0.2) is 39.8 Å². The van der Waals surface area contributed by atoms with Crippen molar-refractivity contribution in [2.24, 2.45) is 4.99 Å². The van der Waals surface area contributed by atoms with E-state index in [0.29, 0.717) is 38.8 Å². The van der Waals surface area contributed by atoms with E-state index in [1.165, 1.54) is 29.3 Å². The molecular formula is C42H34ClFN8O3S2. The molecule has 0 aliphatic carbocycles. The van der Waals surface area contributed by atoms with Crippen molar-refractivity contribution in [3.8, 4) is 22.2 Å². The number of sulfonamides is 1. The Balaban J connectivity index is 0.963. The van der Waals surface area contributed by atoms with Gasteiger partial charge in [-0.15, -0.1) is 21.5 Å². The van der Waals surface area contributed by atoms with Crippen molar-refractivity contribution in [1.82, 2.24) is 25.1 Å². The number of anilines is 1. The molecule has 7 aromatic rings. The van der Waals surface area contributed by atoms with Crippen molar-refractivity contribution in [3.63, 3.8) is 0 Å². The second kappa shape index (κ2) is 14.4. The molecule has 0 unspecified atom stereocenters. The first kappa shape index (κ1) is 37.8. The fourth-order valence-corrected chi connectivity index (χ4v) is 9.69. The molecule has 0 spiro atoms. The normalized spacial score (nSPS) is 13.7. The highest BCUT2D eigenvalue weighted by Gasteiger charge is 2.29. The molecule has 11 nitrogen and oxygen atoms in total. The summed E-state index contributed by atoms with van der Waals surface area (Å²) in [6.07, 6.45) is 1.54. The minimum absolute atomic E-state index is 0.00499. The summed E-state index contributed by atoms with van der Waals surface area (Å²) in [5, 5.41) is 22.5. The summed E-state index contributed by atoms with van der Waals surface area (Å²) >= 11 is 8.22. The van der Waals surface area contributed by atoms with Gasteiger partial charge in [0.1, 0.15) is 28.8 Å². The van der Waals surface area contributed by atoms with Gasteiger partial charge in [-0.2, -0.15) is 5.26 Å². The fourth-order valence-electron chi connectivity index (χ4n) is 7.11. The second-order valence-corrected chi connectivity index (χ2v) is 17.2. The van der Waals surface area contributed by atoms with Crippen LogP contribution in [0.3, 0.4) is 0 Å². The highest BCUT2D eigenvalue weighted by molar-refractivity contribution is 7.92. The van der Waals surface area contributed by atoms with Crippen LogP contribution in [0.15, 0.2) is 88.9 Å². The Bertz CT molecular complexity index is 2940. The van der Waals surface area contributed by atoms with Gasteiger partial charge in [0.05, 0.1) is 38.0 Å². The molecule has 57 heavy (non-hydrogen) atoms. The molecule has 1 aliphatic heterocycles. The average Bonchev–Trinajstić information content (AvgIpc) is 3.86. The highest BCUT2D eigenvalue weighted by atomic mass is 35.5. The van der Waals surface area contributed by atoms with Crippen LogP contribution in [-0.2, 0) is 16.6 Å². The third-order valence-electron chi connectivity index (χ3n) is 10.2. The van der Waals surface area contributed by atoms with Gasteiger partial charge in [0.15, 0.2) is 5.82 Å². The van der Waals surface area contributed by atoms with Gasteiger partial charge in [0.25, 0.3) is 15.9 Å². The molecule has 3 N–H and O–H groups in total. The number of nitriles is 1. The molecule has 0 bridgehead atoms. The maximum Gasteiger partial charge on any atom is 0.261 e. The van der Waals surface area contributed by atoms with Crippen molar-refractivity contribution in [3.05, 3.63) is 145 Å². The standard InChI is InChI=1S/C42H34ClFN8O3S2/c1-21-6-15-34(39-35(21)30(18-45)20-46-39)51-57(54,55)31-13-7-26(8-14-31)19-47-41(53)37-32(43)16-29(17-33(37)44)27-9-11-28(12-10-27)38-36-22(2)24(4)56-42(36)52-25(5)49-50-40(52)23(3)48-38/h6-17,20,23,46,51H,19H2,1-5H3,(H,47,53)/t23-/m0/s1. The number of hydrogen-bond acceptors (Lipinski definition) is 8. The number of thiophene rings is 1. The van der Waals surface area contributed by atoms with Gasteiger partial charge >= 0.3 is 0 Å². The van der Waals surface area contributed by atoms with E-state index in [4.69, 9.17) is 16.6 Å². The molecule has 3 aromatic heterocycles. The number of aromatic amines is 1. The lowest BCUT2D eigenvalue weighted by Gasteiger charge is -2.13. The Morgan fingerprint density at radius 1 is 1.00 bits per heavy atom. The van der Waals surface area contributed by atoms with Gasteiger partial charge in [-0.25, -0.2) is 12.8 Å². The number of benzene rings is 4. The number of aliphatic imine (C=N–C) groups is 1. The molecule has 8 rings (SSSR count). The number of rotatable bonds is 8. The van der Waals surface area contributed by atoms with E-state index in [1.807, 2.05) is 45.0 Å². The zero-order valence-electron chi connectivity index (χ0n) is 31.3. The monoisotopic (exact) mass is 816 g/mol. The van der Waals surface area contributed by atoms with Gasteiger partial charge in [0.2, 0.25) is 0 Å². The number of carbonyl (C=O) groups is 1. The quantitative estimate of drug-likeness (QED) is 0.139. The number of nitrogens with zero attached hydrogens (tertiary/aromatic N) is 5. The SMILES string of the molecule is Cc1sc2c(c1C)C(c1ccc(-c3cc(F)c(C(=O)NCc4ccc(S(=O)(=O)Nc5ccc(C)c6c(C#N)c[nH]c56)cc4)c(Cl)c3)cc1)=N[C@@H](C)c1nnc(C)n1-2. The first-order valence-electron chi connectivity index (χ1n) is 17.9. The molecule has 15 heteroatoms. The summed E-state index contributed by atoms with van der Waals surface area (Å²) in [6.45, 7) is 9.96. The van der Waals surface area contributed by atoms with Gasteiger partial charge in [-0.05, 0) is 92.8 Å². The van der Waals surface area contributed by atoms with E-state index in [-0.39, 0.29) is 28.1 Å². The summed E-state index contributed by atoms with van der Waals surface area (Å²) in [6, 6.07) is 21.7. The van der Waals surface area contributed by atoms with E-state index in [9.17, 15) is 18.5 Å². The maximum absolute atomic E-state index is 15.6. The van der Waals surface area contributed by atoms with E-state index in [1.54, 1.807) is 41.7 Å². The van der Waals surface area contributed by atoms with E-state index in [2.05, 4.69) is 49.7 Å². The Morgan fingerprint density at radius 3 is 2.42 bits per heavy atom. The average molecular weight is 817 g/mol. The highest BCUT2D eigenvalue weighted by Crippen LogP contribution is 2.39. The number of aryl methyl sites for hydroxylation is 3. The third-order valence-corrected chi connectivity index (χ3v) is 13.1. The molecule has 1 atom stereocenters. The van der Waals surface area contributed by atoms with E-state index < -0.39 is 21.7 Å². The van der Waals surface area contributed by atoms with E-state index in [0.717, 1.165) is 44.6 Å². The number of H-pyrrole nitrogens is 1. The van der Waals surface area contributed by atoms with Gasteiger partial charge in [-0.3, -0.25) is 19.1 Å². The predicted octanol–water partition coefficient (Wildman–Crippen LogP) is 9.02. The molecule has 4 heterocycles. The topological polar surface area (TPSA) is 158 Å². The largest absolute Gasteiger partial charge is 0.358 e. The molecule has 286 valence electrons. The van der Waals surface area contributed by atoms with Crippen molar-refractivity contribution >= 4 is 61.2 Å². The molecule has 1 amide bonds. The first-order valence-corrected chi connectivity index (χ1v) is 20.5. The molecular weight excluding hydrogens is 783 g/mol. The smallest absolute Gasteiger partial charge is 0.261 e. The number of amides is 1. The Hall–Kier alpha value is -6.14. The Kier molecular flexibility index (Phi) is 9.55. The van der Waals surface area contributed by atoms with Crippen LogP contribution in [0.25, 0.3) is 27.0 Å². The van der Waals surface area contributed by atoms with Gasteiger partial charge < -0.3 is 10.3 Å². The van der Waals surface area contributed by atoms with Crippen LogP contribution >= 0.6 is 22.9 Å². The fraction of sp³-hybridized carbons (Fsp3) is 0.167. The summed E-state index contributed by atoms with van der Waals surface area (Å²) in [4.78, 5) is 22.4. The van der Waals surface area contributed by atoms with Crippen LogP contribution in [0.2, 0.25) is 5.02 Å². The Morgan fingerprint density at radius 2 is 1.72 bits per heavy atom. The Labute approximate surface area is 336 Å². The van der Waals surface area contributed by atoms with Crippen LogP contribution in [0.5, 0.6) is 0 Å². The lowest BCUT2D eigenvalue weighted by molar-refractivity contribution is 0.0947. The molecule has 0 saturated heterocycles. The van der Waals surface area contributed by atoms with Crippen LogP contribution < -0.4 is 10.0 Å². The maximum atomic E-state index is 15.6. The number of nitrogens with one attached hydrogen (secondary N) is 3. The van der Waals surface area contributed by atoms with Gasteiger partial charge in [-0.1, -0.05) is 54.1 Å². The van der Waals surface area contributed by atoms with Crippen molar-refractivity contribution < 1.29 is 17.6 Å². The number of halogens is 2. The first-order chi connectivity index (χ1) is 27.2. The lowest BCUT2D eigenvalue weighted by Crippen LogP contribution is -2.24. The zero-order valence-corrected chi connectivity index (χ0v) is 33.7. The third kappa shape index (κ3) is 6.67. The minimum atomic E-state index is -4.00. The van der Waals surface area contributed by atoms with Crippen molar-refractivity contribution in [2.75, 3.05) is 4.72 Å². The van der Waals surface area contributed by atoms with Crippen molar-refractivity contribution in [2.45, 2.75) is 52.1 Å². The van der Waals surface area contributed by atoms with Crippen LogP contribution in [0.1, 0.15) is 73.2 Å². The summed E-state index contributed by atoms with van der Waals surface area (Å²) in [7, 11) is -4.00. The zero-order chi connectivity index (χ0) is 40.3. The minimum Gasteiger partial charge on any atom is -0.358 e. The summed E-state index contributed by atoms with van der Waals surface area (Å²) in [5.74, 6) is 0.0818. The van der Waals surface area contributed by atoms with Crippen LogP contribution in [0.4, 0.5) is 10.1 Å². The molecule has 1 aliphatic rings. The molecule has 0 fully saturated rings. The predicted molar refractivity (Wildman–Crippen MR) is 221 cm³/mol. The molecule has 0 radical (unpaired) electrons. The molecule has 0 saturated carbocycles. The number of fused-ring (bicyclic) bond motifs is 4. The second-order valence-electron chi connectivity index (χ2n) is 13.9. The van der Waals surface area contributed by atoms with Crippen molar-refractivity contribution in [1.29, 1.82) is 5.26 Å². The van der Waals surface area contributed by atoms with Crippen LogP contribution in [0, 0.1) is 44.8 Å². The molecule has 4 aromatic carbocycles. The lowest BCUT2D eigenvalue weighted by atomic mass is 9.96. The van der Waals surface area contributed by atoms with Gasteiger partial charge in [0, 0.05) is 34.1 Å². The number of aromatic nitrogens is 4. The van der Waals surface area contributed by atoms with E-state index >= 15 is 4.39 Å². The number of carbonyl (C=O) groups excluding carboxylic acids is 1. The summed E-state index contributed by atoms with van der Waals surface area (Å²) < 4.78 is 46.8.